The fourth-order valence-electron chi connectivity index (χ4n) is 7.44. The number of carbonyl (C=O) groups excluding carboxylic acids is 1. The van der Waals surface area contributed by atoms with E-state index in [0.29, 0.717) is 0 Å². The zero-order valence-electron chi connectivity index (χ0n) is 34.4. The molecule has 0 aliphatic carbocycles. The van der Waals surface area contributed by atoms with E-state index in [9.17, 15) is 45.6 Å². The van der Waals surface area contributed by atoms with Gasteiger partial charge in [0.05, 0.1) is 32.0 Å². The normalized spacial score (nSPS) is 29.5. The van der Waals surface area contributed by atoms with Gasteiger partial charge in [0, 0.05) is 6.92 Å². The molecule has 2 saturated heterocycles. The molecular formula is C42H79NO13. The number of rotatable bonds is 32. The first-order chi connectivity index (χ1) is 27.0. The average molecular weight is 806 g/mol. The number of nitrogens with one attached hydrogen (secondary N) is 1. The summed E-state index contributed by atoms with van der Waals surface area (Å²) in [6, 6.07) is -0.910. The molecule has 12 atom stereocenters. The average Bonchev–Trinajstić information content (AvgIpc) is 3.18. The van der Waals surface area contributed by atoms with Crippen LogP contribution in [0.15, 0.2) is 12.2 Å². The van der Waals surface area contributed by atoms with Crippen molar-refractivity contribution in [3.05, 3.63) is 12.2 Å². The predicted molar refractivity (Wildman–Crippen MR) is 212 cm³/mol. The number of hydrogen-bond acceptors (Lipinski definition) is 13. The Hall–Kier alpha value is -1.27. The van der Waals surface area contributed by atoms with Crippen LogP contribution in [-0.2, 0) is 23.7 Å². The van der Waals surface area contributed by atoms with Gasteiger partial charge >= 0.3 is 0 Å². The third-order valence-corrected chi connectivity index (χ3v) is 11.0. The molecule has 14 heteroatoms. The fraction of sp³-hybridized carbons (Fsp3) is 0.929. The lowest BCUT2D eigenvalue weighted by Crippen LogP contribution is -2.65. The molecule has 1 amide bonds. The maximum Gasteiger partial charge on any atom is 0.217 e. The quantitative estimate of drug-likeness (QED) is 0.0350. The van der Waals surface area contributed by atoms with Gasteiger partial charge in [-0.25, -0.2) is 0 Å². The Bertz CT molecular complexity index is 1000. The predicted octanol–water partition coefficient (Wildman–Crippen LogP) is 3.65. The zero-order valence-corrected chi connectivity index (χ0v) is 34.4. The van der Waals surface area contributed by atoms with Crippen LogP contribution in [-0.4, -0.2) is 140 Å². The van der Waals surface area contributed by atoms with Gasteiger partial charge in [-0.1, -0.05) is 147 Å². The molecule has 12 unspecified atom stereocenters. The molecule has 14 nitrogen and oxygen atoms in total. The van der Waals surface area contributed by atoms with Crippen molar-refractivity contribution >= 4 is 5.91 Å². The van der Waals surface area contributed by atoms with Crippen LogP contribution >= 0.6 is 0 Å². The van der Waals surface area contributed by atoms with Crippen LogP contribution in [0.4, 0.5) is 0 Å². The molecular weight excluding hydrogens is 726 g/mol. The summed E-state index contributed by atoms with van der Waals surface area (Å²) in [5.74, 6) is -0.415. The maximum absolute atomic E-state index is 11.9. The topological polar surface area (TPSA) is 228 Å². The number of aliphatic hydroxyl groups is 8. The molecule has 0 spiro atoms. The number of aliphatic hydroxyl groups excluding tert-OH is 8. The third kappa shape index (κ3) is 19.7. The molecule has 330 valence electrons. The summed E-state index contributed by atoms with van der Waals surface area (Å²) < 4.78 is 22.2. The molecule has 2 fully saturated rings. The van der Waals surface area contributed by atoms with Crippen LogP contribution < -0.4 is 5.32 Å². The van der Waals surface area contributed by atoms with E-state index in [1.54, 1.807) is 6.08 Å². The number of ether oxygens (including phenoxy) is 4. The second kappa shape index (κ2) is 30.7. The molecule has 2 rings (SSSR count). The van der Waals surface area contributed by atoms with E-state index < -0.39 is 92.7 Å². The largest absolute Gasteiger partial charge is 0.394 e. The van der Waals surface area contributed by atoms with E-state index in [-0.39, 0.29) is 6.61 Å². The van der Waals surface area contributed by atoms with Crippen LogP contribution in [0.25, 0.3) is 0 Å². The Morgan fingerprint density at radius 3 is 1.54 bits per heavy atom. The van der Waals surface area contributed by atoms with Crippen molar-refractivity contribution in [2.24, 2.45) is 0 Å². The second-order valence-electron chi connectivity index (χ2n) is 15.9. The Labute approximate surface area is 336 Å². The fourth-order valence-corrected chi connectivity index (χ4v) is 7.44. The van der Waals surface area contributed by atoms with Gasteiger partial charge in [0.15, 0.2) is 12.6 Å². The highest BCUT2D eigenvalue weighted by Gasteiger charge is 2.50. The molecule has 2 aliphatic rings. The highest BCUT2D eigenvalue weighted by atomic mass is 16.7. The molecule has 9 N–H and O–H groups in total. The van der Waals surface area contributed by atoms with Crippen LogP contribution in [0.2, 0.25) is 0 Å². The number of allylic oxidation sites excluding steroid dienone is 1. The monoisotopic (exact) mass is 806 g/mol. The van der Waals surface area contributed by atoms with E-state index >= 15 is 0 Å². The molecule has 0 aromatic carbocycles. The Morgan fingerprint density at radius 1 is 0.625 bits per heavy atom. The van der Waals surface area contributed by atoms with Crippen molar-refractivity contribution in [2.75, 3.05) is 19.8 Å². The molecule has 0 radical (unpaired) electrons. The summed E-state index contributed by atoms with van der Waals surface area (Å²) >= 11 is 0. The van der Waals surface area contributed by atoms with E-state index in [1.807, 2.05) is 6.08 Å². The maximum atomic E-state index is 11.9. The number of unbranched alkanes of at least 4 members (excludes halogenated alkanes) is 21. The van der Waals surface area contributed by atoms with Gasteiger partial charge in [0.25, 0.3) is 0 Å². The lowest BCUT2D eigenvalue weighted by atomic mass is 9.97. The molecule has 0 aromatic rings. The van der Waals surface area contributed by atoms with Gasteiger partial charge in [-0.2, -0.15) is 0 Å². The van der Waals surface area contributed by atoms with Gasteiger partial charge in [-0.3, -0.25) is 4.79 Å². The van der Waals surface area contributed by atoms with Crippen LogP contribution in [0.5, 0.6) is 0 Å². The summed E-state index contributed by atoms with van der Waals surface area (Å²) in [5, 5.41) is 84.9. The Morgan fingerprint density at radius 2 is 1.07 bits per heavy atom. The van der Waals surface area contributed by atoms with Gasteiger partial charge in [0.2, 0.25) is 5.91 Å². The third-order valence-electron chi connectivity index (χ3n) is 11.0. The number of amides is 1. The number of carbonyl (C=O) groups is 1. The van der Waals surface area contributed by atoms with E-state index in [4.69, 9.17) is 18.9 Å². The molecule has 0 aromatic heterocycles. The smallest absolute Gasteiger partial charge is 0.217 e. The zero-order chi connectivity index (χ0) is 41.1. The van der Waals surface area contributed by atoms with Crippen molar-refractivity contribution in [1.29, 1.82) is 0 Å². The Kier molecular flexibility index (Phi) is 27.9. The first kappa shape index (κ1) is 50.9. The minimum Gasteiger partial charge on any atom is -0.394 e. The van der Waals surface area contributed by atoms with Crippen LogP contribution in [0.3, 0.4) is 0 Å². The first-order valence-corrected chi connectivity index (χ1v) is 21.9. The summed E-state index contributed by atoms with van der Waals surface area (Å²) in [6.07, 6.45) is 15.2. The molecule has 2 heterocycles. The lowest BCUT2D eigenvalue weighted by molar-refractivity contribution is -0.359. The van der Waals surface area contributed by atoms with Crippen molar-refractivity contribution in [3.8, 4) is 0 Å². The number of hydrogen-bond donors (Lipinski definition) is 9. The van der Waals surface area contributed by atoms with Gasteiger partial charge in [0.1, 0.15) is 48.8 Å². The van der Waals surface area contributed by atoms with Gasteiger partial charge < -0.3 is 65.1 Å². The van der Waals surface area contributed by atoms with Crippen molar-refractivity contribution in [1.82, 2.24) is 5.32 Å². The highest BCUT2D eigenvalue weighted by molar-refractivity contribution is 5.73. The molecule has 56 heavy (non-hydrogen) atoms. The van der Waals surface area contributed by atoms with Crippen molar-refractivity contribution < 1.29 is 64.6 Å². The highest BCUT2D eigenvalue weighted by Crippen LogP contribution is 2.30. The van der Waals surface area contributed by atoms with Gasteiger partial charge in [-0.05, 0) is 12.8 Å². The SMILES string of the molecule is CCCCCCCCCCCCCCCCCCCCCCC/C=C/C(O)C(COC1OC(CO)C(OC2OC(CO)C(O)C(O)C2O)C(O)C1O)NC(C)=O. The lowest BCUT2D eigenvalue weighted by Gasteiger charge is -2.46. The van der Waals surface area contributed by atoms with Crippen LogP contribution in [0, 0.1) is 0 Å². The van der Waals surface area contributed by atoms with Crippen LogP contribution in [0.1, 0.15) is 155 Å². The van der Waals surface area contributed by atoms with Gasteiger partial charge in [-0.15, -0.1) is 0 Å². The van der Waals surface area contributed by atoms with E-state index in [2.05, 4.69) is 12.2 Å². The second-order valence-corrected chi connectivity index (χ2v) is 15.9. The van der Waals surface area contributed by atoms with Crippen molar-refractivity contribution in [2.45, 2.75) is 229 Å². The van der Waals surface area contributed by atoms with E-state index in [0.717, 1.165) is 19.3 Å². The minimum absolute atomic E-state index is 0.310. The van der Waals surface area contributed by atoms with Crippen molar-refractivity contribution in [3.63, 3.8) is 0 Å². The molecule has 0 saturated carbocycles. The minimum atomic E-state index is -1.78. The molecule has 2 aliphatic heterocycles. The summed E-state index contributed by atoms with van der Waals surface area (Å²) in [4.78, 5) is 11.9. The first-order valence-electron chi connectivity index (χ1n) is 21.9. The summed E-state index contributed by atoms with van der Waals surface area (Å²) in [5.41, 5.74) is 0. The standard InChI is InChI=1S/C42H79NO13/c1-3-4-5-6-7-8-9-10-11-12-13-14-15-16-17-18-19-20-21-22-23-24-25-26-32(47)31(43-30(2)46)29-53-41-39(52)37(50)40(34(28-45)55-41)56-42-38(51)36(49)35(48)33(27-44)54-42/h25-26,31-42,44-45,47-52H,3-24,27-29H2,1-2H3,(H,43,46)/b26-25+. The van der Waals surface area contributed by atoms with E-state index in [1.165, 1.54) is 129 Å². The molecule has 0 bridgehead atoms. The Balaban J connectivity index is 1.59. The summed E-state index contributed by atoms with van der Waals surface area (Å²) in [6.45, 7) is 1.84. The summed E-state index contributed by atoms with van der Waals surface area (Å²) in [7, 11) is 0.